The van der Waals surface area contributed by atoms with Crippen molar-refractivity contribution < 1.29 is 14.3 Å². The number of anilines is 2. The number of benzene rings is 1. The molecule has 1 heterocycles. The van der Waals surface area contributed by atoms with Gasteiger partial charge in [0.1, 0.15) is 5.82 Å². The molecule has 0 fully saturated rings. The van der Waals surface area contributed by atoms with Crippen LogP contribution in [0.1, 0.15) is 12.8 Å². The Morgan fingerprint density at radius 3 is 3.12 bits per heavy atom. The monoisotopic (exact) mass is 238 g/mol. The molecule has 0 atom stereocenters. The van der Waals surface area contributed by atoms with Gasteiger partial charge in [-0.3, -0.25) is 4.79 Å². The number of hydrogen-bond acceptors (Lipinski definition) is 3. The highest BCUT2D eigenvalue weighted by molar-refractivity contribution is 5.73. The number of hydrogen-bond donors (Lipinski definition) is 2. The van der Waals surface area contributed by atoms with Crippen LogP contribution in [0, 0.1) is 5.82 Å². The maximum absolute atomic E-state index is 13.8. The molecule has 0 bridgehead atoms. The Kier molecular flexibility index (Phi) is 3.46. The molecule has 0 aliphatic carbocycles. The summed E-state index contributed by atoms with van der Waals surface area (Å²) in [6.07, 6.45) is 0.890. The molecule has 0 radical (unpaired) electrons. The second kappa shape index (κ2) is 5.03. The molecular formula is C12H15FN2O2. The Hall–Kier alpha value is -1.78. The first kappa shape index (κ1) is 11.7. The minimum atomic E-state index is -0.861. The second-order valence-electron chi connectivity index (χ2n) is 4.05. The number of carbonyl (C=O) groups is 1. The lowest BCUT2D eigenvalue weighted by atomic mass is 10.2. The fourth-order valence-electron chi connectivity index (χ4n) is 2.04. The van der Waals surface area contributed by atoms with Gasteiger partial charge in [0.25, 0.3) is 0 Å². The van der Waals surface area contributed by atoms with Crippen LogP contribution in [-0.2, 0) is 4.79 Å². The van der Waals surface area contributed by atoms with Crippen LogP contribution in [0.3, 0.4) is 0 Å². The molecule has 0 aromatic heterocycles. The van der Waals surface area contributed by atoms with Crippen LogP contribution in [0.4, 0.5) is 15.8 Å². The van der Waals surface area contributed by atoms with Crippen molar-refractivity contribution in [1.29, 1.82) is 0 Å². The Labute approximate surface area is 99.0 Å². The summed E-state index contributed by atoms with van der Waals surface area (Å²) in [6, 6.07) is 4.87. The molecule has 5 heteroatoms. The van der Waals surface area contributed by atoms with Gasteiger partial charge in [-0.2, -0.15) is 0 Å². The third-order valence-corrected chi connectivity index (χ3v) is 2.82. The lowest BCUT2D eigenvalue weighted by Crippen LogP contribution is -2.27. The second-order valence-corrected chi connectivity index (χ2v) is 4.05. The van der Waals surface area contributed by atoms with Crippen LogP contribution in [0.25, 0.3) is 0 Å². The quantitative estimate of drug-likeness (QED) is 0.844. The van der Waals surface area contributed by atoms with E-state index in [-0.39, 0.29) is 12.2 Å². The zero-order chi connectivity index (χ0) is 12.3. The molecule has 1 aliphatic rings. The molecule has 4 nitrogen and oxygen atoms in total. The number of carboxylic acid groups (broad SMARTS) is 1. The molecule has 0 unspecified atom stereocenters. The molecular weight excluding hydrogens is 223 g/mol. The van der Waals surface area contributed by atoms with E-state index in [0.29, 0.717) is 18.8 Å². The van der Waals surface area contributed by atoms with E-state index in [1.54, 1.807) is 11.0 Å². The molecule has 2 rings (SSSR count). The van der Waals surface area contributed by atoms with Crippen molar-refractivity contribution in [3.63, 3.8) is 0 Å². The number of fused-ring (bicyclic) bond motifs is 1. The minimum absolute atomic E-state index is 0.0216. The van der Waals surface area contributed by atoms with Crippen molar-refractivity contribution in [2.24, 2.45) is 0 Å². The Balaban J connectivity index is 2.25. The largest absolute Gasteiger partial charge is 0.481 e. The molecule has 1 aromatic rings. The van der Waals surface area contributed by atoms with Gasteiger partial charge in [0.05, 0.1) is 17.8 Å². The van der Waals surface area contributed by atoms with E-state index < -0.39 is 5.97 Å². The van der Waals surface area contributed by atoms with Crippen molar-refractivity contribution in [1.82, 2.24) is 0 Å². The maximum Gasteiger partial charge on any atom is 0.305 e. The van der Waals surface area contributed by atoms with E-state index in [0.717, 1.165) is 18.7 Å². The molecule has 0 saturated heterocycles. The van der Waals surface area contributed by atoms with Crippen molar-refractivity contribution in [2.75, 3.05) is 29.9 Å². The van der Waals surface area contributed by atoms with E-state index in [9.17, 15) is 9.18 Å². The Morgan fingerprint density at radius 2 is 2.35 bits per heavy atom. The number of halogens is 1. The topological polar surface area (TPSA) is 52.6 Å². The highest BCUT2D eigenvalue weighted by Gasteiger charge is 2.19. The Bertz CT molecular complexity index is 423. The van der Waals surface area contributed by atoms with Crippen molar-refractivity contribution in [2.45, 2.75) is 12.8 Å². The molecule has 0 amide bonds. The number of aliphatic carboxylic acids is 1. The summed E-state index contributed by atoms with van der Waals surface area (Å²) >= 11 is 0. The van der Waals surface area contributed by atoms with Gasteiger partial charge < -0.3 is 15.3 Å². The van der Waals surface area contributed by atoms with Gasteiger partial charge in [-0.15, -0.1) is 0 Å². The molecule has 0 spiro atoms. The van der Waals surface area contributed by atoms with Crippen molar-refractivity contribution >= 4 is 17.3 Å². The fourth-order valence-corrected chi connectivity index (χ4v) is 2.04. The molecule has 2 N–H and O–H groups in total. The van der Waals surface area contributed by atoms with E-state index in [1.165, 1.54) is 6.07 Å². The predicted molar refractivity (Wildman–Crippen MR) is 64.0 cm³/mol. The standard InChI is InChI=1S/C12H15FN2O2/c13-9-3-1-4-10-12(9)15(7-2-6-14-10)8-5-11(16)17/h1,3-4,14H,2,5-8H2,(H,16,17). The molecule has 0 saturated carbocycles. The maximum atomic E-state index is 13.8. The number of para-hydroxylation sites is 1. The number of rotatable bonds is 3. The number of nitrogens with zero attached hydrogens (tertiary/aromatic N) is 1. The lowest BCUT2D eigenvalue weighted by molar-refractivity contribution is -0.136. The highest BCUT2D eigenvalue weighted by atomic mass is 19.1. The van der Waals surface area contributed by atoms with Gasteiger partial charge in [-0.25, -0.2) is 4.39 Å². The number of carboxylic acids is 1. The smallest absolute Gasteiger partial charge is 0.305 e. The fraction of sp³-hybridized carbons (Fsp3) is 0.417. The minimum Gasteiger partial charge on any atom is -0.481 e. The summed E-state index contributed by atoms with van der Waals surface area (Å²) in [5, 5.41) is 11.9. The molecule has 1 aliphatic heterocycles. The lowest BCUT2D eigenvalue weighted by Gasteiger charge is -2.24. The number of nitrogens with one attached hydrogen (secondary N) is 1. The van der Waals surface area contributed by atoms with Gasteiger partial charge >= 0.3 is 5.97 Å². The van der Waals surface area contributed by atoms with Crippen LogP contribution in [0.15, 0.2) is 18.2 Å². The van der Waals surface area contributed by atoms with Crippen LogP contribution < -0.4 is 10.2 Å². The third kappa shape index (κ3) is 2.67. The average molecular weight is 238 g/mol. The molecule has 17 heavy (non-hydrogen) atoms. The third-order valence-electron chi connectivity index (χ3n) is 2.82. The van der Waals surface area contributed by atoms with Gasteiger partial charge in [0.15, 0.2) is 0 Å². The summed E-state index contributed by atoms with van der Waals surface area (Å²) in [5.41, 5.74) is 1.24. The first-order valence-electron chi connectivity index (χ1n) is 5.67. The van der Waals surface area contributed by atoms with Gasteiger partial charge in [0.2, 0.25) is 0 Å². The summed E-state index contributed by atoms with van der Waals surface area (Å²) < 4.78 is 13.8. The highest BCUT2D eigenvalue weighted by Crippen LogP contribution is 2.31. The van der Waals surface area contributed by atoms with Crippen LogP contribution >= 0.6 is 0 Å². The van der Waals surface area contributed by atoms with Gasteiger partial charge in [0, 0.05) is 19.6 Å². The predicted octanol–water partition coefficient (Wildman–Crippen LogP) is 1.92. The van der Waals surface area contributed by atoms with E-state index in [2.05, 4.69) is 5.32 Å². The normalized spacial score (nSPS) is 14.8. The van der Waals surface area contributed by atoms with Gasteiger partial charge in [-0.1, -0.05) is 6.07 Å². The SMILES string of the molecule is O=C(O)CCN1CCCNc2cccc(F)c21. The summed E-state index contributed by atoms with van der Waals surface area (Å²) in [4.78, 5) is 12.4. The summed E-state index contributed by atoms with van der Waals surface area (Å²) in [7, 11) is 0. The average Bonchev–Trinajstić information content (AvgIpc) is 2.49. The Morgan fingerprint density at radius 1 is 1.53 bits per heavy atom. The van der Waals surface area contributed by atoms with Crippen LogP contribution in [0.5, 0.6) is 0 Å². The first-order valence-corrected chi connectivity index (χ1v) is 5.67. The molecule has 92 valence electrons. The van der Waals surface area contributed by atoms with E-state index >= 15 is 0 Å². The van der Waals surface area contributed by atoms with Crippen LogP contribution in [-0.4, -0.2) is 30.7 Å². The van der Waals surface area contributed by atoms with Gasteiger partial charge in [-0.05, 0) is 18.6 Å². The molecule has 1 aromatic carbocycles. The first-order chi connectivity index (χ1) is 8.18. The zero-order valence-electron chi connectivity index (χ0n) is 9.45. The van der Waals surface area contributed by atoms with Crippen molar-refractivity contribution in [3.8, 4) is 0 Å². The van der Waals surface area contributed by atoms with E-state index in [1.807, 2.05) is 6.07 Å². The van der Waals surface area contributed by atoms with Crippen LogP contribution in [0.2, 0.25) is 0 Å². The zero-order valence-corrected chi connectivity index (χ0v) is 9.45. The van der Waals surface area contributed by atoms with Crippen molar-refractivity contribution in [3.05, 3.63) is 24.0 Å². The summed E-state index contributed by atoms with van der Waals surface area (Å²) in [5.74, 6) is -1.16. The van der Waals surface area contributed by atoms with E-state index in [4.69, 9.17) is 5.11 Å². The summed E-state index contributed by atoms with van der Waals surface area (Å²) in [6.45, 7) is 1.79.